The molecule has 0 aromatic heterocycles. The van der Waals surface area contributed by atoms with Crippen LogP contribution in [0.15, 0.2) is 53.5 Å². The van der Waals surface area contributed by atoms with Crippen LogP contribution in [-0.2, 0) is 4.79 Å². The first-order valence-corrected chi connectivity index (χ1v) is 8.49. The Labute approximate surface area is 152 Å². The molecule has 5 nitrogen and oxygen atoms in total. The van der Waals surface area contributed by atoms with E-state index in [0.29, 0.717) is 10.7 Å². The van der Waals surface area contributed by atoms with Crippen LogP contribution in [0.2, 0.25) is 5.02 Å². The van der Waals surface area contributed by atoms with Crippen molar-refractivity contribution in [2.45, 2.75) is 25.2 Å². The fraction of sp³-hybridized carbons (Fsp3) is 0.263. The predicted molar refractivity (Wildman–Crippen MR) is 102 cm³/mol. The van der Waals surface area contributed by atoms with Gasteiger partial charge >= 0.3 is 0 Å². The number of ketones is 1. The summed E-state index contributed by atoms with van der Waals surface area (Å²) >= 11 is 6.22. The molecule has 130 valence electrons. The van der Waals surface area contributed by atoms with Gasteiger partial charge in [-0.15, -0.1) is 0 Å². The zero-order valence-corrected chi connectivity index (χ0v) is 14.9. The number of Topliss-reactive ketones (excluding diaryl/α,β-unsaturated/α-hetero) is 1. The first kappa shape index (κ1) is 17.6. The zero-order valence-electron chi connectivity index (χ0n) is 14.2. The van der Waals surface area contributed by atoms with Gasteiger partial charge in [-0.2, -0.15) is 0 Å². The smallest absolute Gasteiger partial charge is 0.177 e. The number of hydrogen-bond donors (Lipinski definition) is 2. The lowest BCUT2D eigenvalue weighted by Crippen LogP contribution is -2.53. The number of carbonyl (C=O) groups excluding carboxylic acids is 1. The van der Waals surface area contributed by atoms with Crippen LogP contribution in [0.4, 0.5) is 5.69 Å². The highest BCUT2D eigenvalue weighted by Crippen LogP contribution is 2.31. The fourth-order valence-electron chi connectivity index (χ4n) is 2.99. The first-order chi connectivity index (χ1) is 11.9. The van der Waals surface area contributed by atoms with E-state index in [2.05, 4.69) is 0 Å². The van der Waals surface area contributed by atoms with Gasteiger partial charge in [0.25, 0.3) is 0 Å². The number of benzene rings is 2. The van der Waals surface area contributed by atoms with Crippen LogP contribution in [0.5, 0.6) is 0 Å². The highest BCUT2D eigenvalue weighted by Gasteiger charge is 2.34. The van der Waals surface area contributed by atoms with Crippen molar-refractivity contribution in [2.24, 2.45) is 16.5 Å². The molecule has 0 aliphatic carbocycles. The Hall–Kier alpha value is -2.21. The van der Waals surface area contributed by atoms with Gasteiger partial charge < -0.3 is 16.4 Å². The minimum absolute atomic E-state index is 0.188. The highest BCUT2D eigenvalue weighted by atomic mass is 35.5. The molecular weight excluding hydrogens is 336 g/mol. The molecule has 3 atom stereocenters. The van der Waals surface area contributed by atoms with Gasteiger partial charge in [0.15, 0.2) is 5.78 Å². The minimum atomic E-state index is -0.758. The Morgan fingerprint density at radius 2 is 1.92 bits per heavy atom. The van der Waals surface area contributed by atoms with Crippen molar-refractivity contribution in [2.75, 3.05) is 11.9 Å². The van der Waals surface area contributed by atoms with Gasteiger partial charge in [0.05, 0.1) is 11.8 Å². The van der Waals surface area contributed by atoms with Gasteiger partial charge in [-0.25, -0.2) is 0 Å². The number of fused-ring (bicyclic) bond motifs is 1. The number of nitrogens with zero attached hydrogens (tertiary/aromatic N) is 2. The maximum Gasteiger partial charge on any atom is 0.177 e. The second kappa shape index (κ2) is 6.96. The number of benzodiazepines with no additional fused rings is 1. The van der Waals surface area contributed by atoms with E-state index in [0.717, 1.165) is 16.8 Å². The van der Waals surface area contributed by atoms with Crippen LogP contribution < -0.4 is 16.4 Å². The molecule has 0 fully saturated rings. The quantitative estimate of drug-likeness (QED) is 0.882. The number of hydrogen-bond acceptors (Lipinski definition) is 5. The van der Waals surface area contributed by atoms with E-state index in [-0.39, 0.29) is 5.78 Å². The summed E-state index contributed by atoms with van der Waals surface area (Å²) in [6.07, 6.45) is -0.611. The van der Waals surface area contributed by atoms with Crippen molar-refractivity contribution in [1.29, 1.82) is 0 Å². The van der Waals surface area contributed by atoms with E-state index in [4.69, 9.17) is 28.1 Å². The van der Waals surface area contributed by atoms with Crippen molar-refractivity contribution in [3.63, 3.8) is 0 Å². The molecule has 1 aliphatic heterocycles. The Kier molecular flexibility index (Phi) is 4.90. The Bertz CT molecular complexity index is 819. The number of rotatable bonds is 3. The van der Waals surface area contributed by atoms with Gasteiger partial charge in [0, 0.05) is 28.9 Å². The molecule has 1 heterocycles. The average Bonchev–Trinajstić information content (AvgIpc) is 2.71. The zero-order chi connectivity index (χ0) is 18.1. The van der Waals surface area contributed by atoms with E-state index in [1.807, 2.05) is 54.4 Å². The first-order valence-electron chi connectivity index (χ1n) is 8.11. The summed E-state index contributed by atoms with van der Waals surface area (Å²) in [5.41, 5.74) is 15.5. The van der Waals surface area contributed by atoms with Gasteiger partial charge in [-0.3, -0.25) is 9.79 Å². The maximum atomic E-state index is 12.6. The monoisotopic (exact) mass is 356 g/mol. The summed E-state index contributed by atoms with van der Waals surface area (Å²) in [6.45, 7) is 1.65. The lowest BCUT2D eigenvalue weighted by molar-refractivity contribution is -0.121. The molecule has 0 amide bonds. The van der Waals surface area contributed by atoms with Crippen LogP contribution in [0, 0.1) is 0 Å². The summed E-state index contributed by atoms with van der Waals surface area (Å²) in [5, 5.41) is 0.598. The van der Waals surface area contributed by atoms with E-state index >= 15 is 0 Å². The fourth-order valence-corrected chi connectivity index (χ4v) is 3.16. The van der Waals surface area contributed by atoms with Crippen LogP contribution in [0.25, 0.3) is 0 Å². The van der Waals surface area contributed by atoms with Gasteiger partial charge in [0.1, 0.15) is 12.2 Å². The SMILES string of the molecule is CC(N)C(=O)C1N=C(c2ccccc2)c2cc(Cl)ccc2N(C)C1N. The van der Waals surface area contributed by atoms with Crippen molar-refractivity contribution in [3.05, 3.63) is 64.7 Å². The van der Waals surface area contributed by atoms with Crippen molar-refractivity contribution >= 4 is 28.8 Å². The molecular formula is C19H21ClN4O. The number of likely N-dealkylation sites (N-methyl/N-ethyl adjacent to an activating group) is 1. The van der Waals surface area contributed by atoms with Crippen molar-refractivity contribution < 1.29 is 4.79 Å². The van der Waals surface area contributed by atoms with E-state index in [1.165, 1.54) is 0 Å². The molecule has 2 aromatic rings. The lowest BCUT2D eigenvalue weighted by atomic mass is 10.00. The van der Waals surface area contributed by atoms with E-state index in [9.17, 15) is 4.79 Å². The van der Waals surface area contributed by atoms with Gasteiger partial charge in [-0.05, 0) is 25.1 Å². The normalized spacial score (nSPS) is 21.2. The van der Waals surface area contributed by atoms with Crippen LogP contribution in [0.3, 0.4) is 0 Å². The highest BCUT2D eigenvalue weighted by molar-refractivity contribution is 6.31. The molecule has 2 aromatic carbocycles. The Morgan fingerprint density at radius 1 is 1.24 bits per heavy atom. The largest absolute Gasteiger partial charge is 0.356 e. The van der Waals surface area contributed by atoms with Gasteiger partial charge in [-0.1, -0.05) is 41.9 Å². The second-order valence-electron chi connectivity index (χ2n) is 6.24. The summed E-state index contributed by atoms with van der Waals surface area (Å²) in [4.78, 5) is 19.2. The molecule has 3 rings (SSSR count). The number of anilines is 1. The summed E-state index contributed by atoms with van der Waals surface area (Å²) < 4.78 is 0. The van der Waals surface area contributed by atoms with Crippen LogP contribution in [0.1, 0.15) is 18.1 Å². The second-order valence-corrected chi connectivity index (χ2v) is 6.68. The number of carbonyl (C=O) groups is 1. The minimum Gasteiger partial charge on any atom is -0.356 e. The number of halogens is 1. The van der Waals surface area contributed by atoms with Crippen molar-refractivity contribution in [1.82, 2.24) is 0 Å². The summed E-state index contributed by atoms with van der Waals surface area (Å²) in [5.74, 6) is -0.188. The molecule has 4 N–H and O–H groups in total. The molecule has 0 radical (unpaired) electrons. The van der Waals surface area contributed by atoms with Crippen molar-refractivity contribution in [3.8, 4) is 0 Å². The maximum absolute atomic E-state index is 12.6. The molecule has 6 heteroatoms. The van der Waals surface area contributed by atoms with Crippen LogP contribution in [-0.4, -0.2) is 36.8 Å². The van der Waals surface area contributed by atoms with E-state index < -0.39 is 18.2 Å². The molecule has 25 heavy (non-hydrogen) atoms. The third kappa shape index (κ3) is 3.31. The Morgan fingerprint density at radius 3 is 2.56 bits per heavy atom. The predicted octanol–water partition coefficient (Wildman–Crippen LogP) is 2.20. The molecule has 3 unspecified atom stereocenters. The molecule has 1 aliphatic rings. The van der Waals surface area contributed by atoms with Gasteiger partial charge in [0.2, 0.25) is 0 Å². The standard InChI is InChI=1S/C19H21ClN4O/c1-11(21)18(25)17-19(22)24(2)15-9-8-13(20)10-14(15)16(23-17)12-6-4-3-5-7-12/h3-11,17,19H,21-22H2,1-2H3. The Balaban J connectivity index is 2.25. The third-order valence-corrected chi connectivity index (χ3v) is 4.66. The molecule has 0 bridgehead atoms. The summed E-state index contributed by atoms with van der Waals surface area (Å²) in [6, 6.07) is 13.8. The number of nitrogens with two attached hydrogens (primary N) is 2. The third-order valence-electron chi connectivity index (χ3n) is 4.42. The average molecular weight is 357 g/mol. The van der Waals surface area contributed by atoms with Crippen LogP contribution >= 0.6 is 11.6 Å². The summed E-state index contributed by atoms with van der Waals surface area (Å²) in [7, 11) is 1.85. The molecule has 0 spiro atoms. The molecule has 0 saturated carbocycles. The lowest BCUT2D eigenvalue weighted by Gasteiger charge is -2.30. The topological polar surface area (TPSA) is 84.7 Å². The van der Waals surface area contributed by atoms with E-state index in [1.54, 1.807) is 13.0 Å². The number of aliphatic imine (C=N–C) groups is 1. The molecule has 0 saturated heterocycles.